The molecule has 3 rings (SSSR count). The normalized spacial score (nSPS) is 12.5. The topological polar surface area (TPSA) is 63.6 Å². The fourth-order valence-corrected chi connectivity index (χ4v) is 2.46. The van der Waals surface area contributed by atoms with Gasteiger partial charge in [-0.2, -0.15) is 0 Å². The van der Waals surface area contributed by atoms with Crippen molar-refractivity contribution in [3.8, 4) is 0 Å². The summed E-state index contributed by atoms with van der Waals surface area (Å²) in [5, 5.41) is 14.5. The van der Waals surface area contributed by atoms with Crippen LogP contribution in [0.3, 0.4) is 0 Å². The number of nitrogens with zero attached hydrogens (tertiary/aromatic N) is 4. The zero-order valence-electron chi connectivity index (χ0n) is 10.4. The largest absolute Gasteiger partial charge is 0.352 e. The minimum Gasteiger partial charge on any atom is -0.352 e. The molecule has 96 valence electrons. The maximum atomic E-state index is 4.43. The first-order valence-electron chi connectivity index (χ1n) is 6.05. The molecule has 0 bridgehead atoms. The summed E-state index contributed by atoms with van der Waals surface area (Å²) in [6.45, 7) is 2.87. The van der Waals surface area contributed by atoms with E-state index in [0.29, 0.717) is 11.9 Å². The molecule has 1 unspecified atom stereocenters. The number of benzene rings is 1. The highest BCUT2D eigenvalue weighted by atomic mass is 32.1. The number of thiazole rings is 1. The van der Waals surface area contributed by atoms with Gasteiger partial charge < -0.3 is 5.32 Å². The molecule has 6 heteroatoms. The third kappa shape index (κ3) is 2.68. The van der Waals surface area contributed by atoms with Crippen molar-refractivity contribution in [2.45, 2.75) is 12.8 Å². The minimum absolute atomic E-state index is 0.329. The molecule has 5 nitrogen and oxygen atoms in total. The van der Waals surface area contributed by atoms with Crippen molar-refractivity contribution in [3.63, 3.8) is 0 Å². The summed E-state index contributed by atoms with van der Waals surface area (Å²) >= 11 is 1.66. The lowest BCUT2D eigenvalue weighted by Gasteiger charge is -2.09. The summed E-state index contributed by atoms with van der Waals surface area (Å²) in [6.07, 6.45) is 1.82. The zero-order chi connectivity index (χ0) is 13.1. The minimum atomic E-state index is 0.329. The second-order valence-corrected chi connectivity index (χ2v) is 5.20. The van der Waals surface area contributed by atoms with Gasteiger partial charge in [0, 0.05) is 24.0 Å². The van der Waals surface area contributed by atoms with Crippen LogP contribution in [0, 0.1) is 0 Å². The predicted octanol–water partition coefficient (Wildman–Crippen LogP) is 2.70. The van der Waals surface area contributed by atoms with Crippen molar-refractivity contribution < 1.29 is 0 Å². The summed E-state index contributed by atoms with van der Waals surface area (Å²) in [6, 6.07) is 7.70. The van der Waals surface area contributed by atoms with E-state index in [4.69, 9.17) is 0 Å². The average Bonchev–Trinajstić information content (AvgIpc) is 2.99. The first-order valence-corrected chi connectivity index (χ1v) is 6.93. The molecule has 1 N–H and O–H groups in total. The Bertz CT molecular complexity index is 668. The predicted molar refractivity (Wildman–Crippen MR) is 76.4 cm³/mol. The van der Waals surface area contributed by atoms with Crippen molar-refractivity contribution in [2.75, 3.05) is 11.9 Å². The Balaban J connectivity index is 1.71. The van der Waals surface area contributed by atoms with Crippen LogP contribution in [0.25, 0.3) is 11.0 Å². The molecular weight excluding hydrogens is 258 g/mol. The lowest BCUT2D eigenvalue weighted by molar-refractivity contribution is 0.785. The molecule has 0 radical (unpaired) electrons. The van der Waals surface area contributed by atoms with Gasteiger partial charge in [0.2, 0.25) is 5.95 Å². The molecule has 0 amide bonds. The van der Waals surface area contributed by atoms with E-state index in [1.807, 2.05) is 35.8 Å². The van der Waals surface area contributed by atoms with E-state index in [1.54, 1.807) is 11.3 Å². The first kappa shape index (κ1) is 12.0. The van der Waals surface area contributed by atoms with E-state index < -0.39 is 0 Å². The number of hydrogen-bond donors (Lipinski definition) is 1. The number of nitrogens with one attached hydrogen (secondary N) is 1. The van der Waals surface area contributed by atoms with Gasteiger partial charge in [0.25, 0.3) is 0 Å². The molecule has 0 aliphatic carbocycles. The second-order valence-electron chi connectivity index (χ2n) is 4.28. The highest BCUT2D eigenvalue weighted by Crippen LogP contribution is 2.17. The Morgan fingerprint density at radius 1 is 1.21 bits per heavy atom. The van der Waals surface area contributed by atoms with Gasteiger partial charge >= 0.3 is 0 Å². The highest BCUT2D eigenvalue weighted by Gasteiger charge is 2.09. The fourth-order valence-electron chi connectivity index (χ4n) is 1.77. The number of fused-ring (bicyclic) bond motifs is 1. The molecule has 19 heavy (non-hydrogen) atoms. The van der Waals surface area contributed by atoms with Gasteiger partial charge in [-0.15, -0.1) is 21.5 Å². The van der Waals surface area contributed by atoms with Gasteiger partial charge in [-0.25, -0.2) is 9.97 Å². The molecule has 0 aliphatic rings. The molecule has 3 aromatic rings. The van der Waals surface area contributed by atoms with Crippen LogP contribution in [0.15, 0.2) is 35.8 Å². The number of para-hydroxylation sites is 1. The maximum Gasteiger partial charge on any atom is 0.243 e. The molecular formula is C13H13N5S. The van der Waals surface area contributed by atoms with E-state index in [2.05, 4.69) is 32.4 Å². The monoisotopic (exact) mass is 271 g/mol. The smallest absolute Gasteiger partial charge is 0.243 e. The quantitative estimate of drug-likeness (QED) is 0.790. The Kier molecular flexibility index (Phi) is 3.33. The van der Waals surface area contributed by atoms with Crippen molar-refractivity contribution in [1.29, 1.82) is 0 Å². The first-order chi connectivity index (χ1) is 9.33. The van der Waals surface area contributed by atoms with Crippen molar-refractivity contribution >= 4 is 28.3 Å². The number of hydrogen-bond acceptors (Lipinski definition) is 6. The molecule has 0 aliphatic heterocycles. The molecule has 1 atom stereocenters. The molecule has 0 spiro atoms. The third-order valence-corrected chi connectivity index (χ3v) is 3.81. The Hall–Kier alpha value is -2.08. The summed E-state index contributed by atoms with van der Waals surface area (Å²) in [5.74, 6) is 0.886. The van der Waals surface area contributed by atoms with Gasteiger partial charge in [0.1, 0.15) is 5.52 Å². The molecule has 0 saturated heterocycles. The van der Waals surface area contributed by atoms with E-state index in [9.17, 15) is 0 Å². The summed E-state index contributed by atoms with van der Waals surface area (Å²) in [7, 11) is 0. The maximum absolute atomic E-state index is 4.43. The average molecular weight is 271 g/mol. The van der Waals surface area contributed by atoms with Crippen molar-refractivity contribution in [2.24, 2.45) is 0 Å². The molecule has 0 fully saturated rings. The van der Waals surface area contributed by atoms with Crippen molar-refractivity contribution in [1.82, 2.24) is 20.2 Å². The molecule has 2 aromatic heterocycles. The summed E-state index contributed by atoms with van der Waals surface area (Å²) in [4.78, 5) is 8.73. The van der Waals surface area contributed by atoms with Crippen LogP contribution >= 0.6 is 11.3 Å². The van der Waals surface area contributed by atoms with Crippen LogP contribution in [0.4, 0.5) is 5.95 Å². The third-order valence-electron chi connectivity index (χ3n) is 2.80. The standard InChI is InChI=1S/C13H13N5S/c1-9(12-14-6-7-19-12)8-15-13-16-10-4-2-3-5-11(10)17-18-13/h2-7,9H,8H2,1H3,(H,15,16,18). The van der Waals surface area contributed by atoms with Crippen LogP contribution in [0.5, 0.6) is 0 Å². The van der Waals surface area contributed by atoms with Crippen LogP contribution < -0.4 is 5.32 Å². The van der Waals surface area contributed by atoms with Gasteiger partial charge in [0.05, 0.1) is 10.5 Å². The zero-order valence-corrected chi connectivity index (χ0v) is 11.3. The summed E-state index contributed by atoms with van der Waals surface area (Å²) < 4.78 is 0. The highest BCUT2D eigenvalue weighted by molar-refractivity contribution is 7.09. The molecule has 1 aromatic carbocycles. The van der Waals surface area contributed by atoms with E-state index in [-0.39, 0.29) is 0 Å². The van der Waals surface area contributed by atoms with Crippen LogP contribution in [-0.4, -0.2) is 26.7 Å². The SMILES string of the molecule is CC(CNc1nnc2ccccc2n1)c1nccs1. The van der Waals surface area contributed by atoms with Crippen LogP contribution in [0.1, 0.15) is 17.8 Å². The van der Waals surface area contributed by atoms with E-state index in [1.165, 1.54) is 0 Å². The van der Waals surface area contributed by atoms with Crippen molar-refractivity contribution in [3.05, 3.63) is 40.8 Å². The van der Waals surface area contributed by atoms with Gasteiger partial charge in [0.15, 0.2) is 0 Å². The molecule has 2 heterocycles. The second kappa shape index (κ2) is 5.27. The van der Waals surface area contributed by atoms with Gasteiger partial charge in [-0.1, -0.05) is 19.1 Å². The number of rotatable bonds is 4. The van der Waals surface area contributed by atoms with Crippen LogP contribution in [0.2, 0.25) is 0 Å². The van der Waals surface area contributed by atoms with E-state index in [0.717, 1.165) is 22.6 Å². The fraction of sp³-hybridized carbons (Fsp3) is 0.231. The summed E-state index contributed by atoms with van der Waals surface area (Å²) in [5.41, 5.74) is 1.66. The Morgan fingerprint density at radius 2 is 2.05 bits per heavy atom. The van der Waals surface area contributed by atoms with Gasteiger partial charge in [-0.3, -0.25) is 0 Å². The van der Waals surface area contributed by atoms with Gasteiger partial charge in [-0.05, 0) is 12.1 Å². The molecule has 0 saturated carbocycles. The lowest BCUT2D eigenvalue weighted by atomic mass is 10.2. The lowest BCUT2D eigenvalue weighted by Crippen LogP contribution is -2.12. The Morgan fingerprint density at radius 3 is 2.84 bits per heavy atom. The van der Waals surface area contributed by atoms with E-state index >= 15 is 0 Å². The number of aromatic nitrogens is 4. The number of anilines is 1. The van der Waals surface area contributed by atoms with Crippen LogP contribution in [-0.2, 0) is 0 Å². The Labute approximate surface area is 114 Å².